The molecule has 25 heavy (non-hydrogen) atoms. The molecular formula is C18H13ClFN3O2. The molecule has 3 aromatic rings. The number of aromatic nitrogens is 2. The van der Waals surface area contributed by atoms with Gasteiger partial charge in [-0.2, -0.15) is 0 Å². The third-order valence-corrected chi connectivity index (χ3v) is 4.38. The first-order chi connectivity index (χ1) is 12.0. The van der Waals surface area contributed by atoms with E-state index in [9.17, 15) is 14.3 Å². The number of carbonyl (C=O) groups excluding carboxylic acids is 1. The van der Waals surface area contributed by atoms with Crippen molar-refractivity contribution < 1.29 is 14.3 Å². The zero-order valence-electron chi connectivity index (χ0n) is 13.0. The van der Waals surface area contributed by atoms with Gasteiger partial charge in [-0.15, -0.1) is 0 Å². The van der Waals surface area contributed by atoms with Gasteiger partial charge in [0.1, 0.15) is 23.0 Å². The first-order valence-electron chi connectivity index (χ1n) is 7.69. The van der Waals surface area contributed by atoms with Gasteiger partial charge >= 0.3 is 0 Å². The van der Waals surface area contributed by atoms with Crippen molar-refractivity contribution in [2.75, 3.05) is 5.32 Å². The second kappa shape index (κ2) is 5.89. The van der Waals surface area contributed by atoms with Gasteiger partial charge in [-0.05, 0) is 30.3 Å². The number of rotatable bonds is 2. The number of hydrogen-bond donors (Lipinski definition) is 2. The monoisotopic (exact) mass is 357 g/mol. The Bertz CT molecular complexity index is 1040. The SMILES string of the molecule is O=C(Nc1ccccc1F)C1=C(O)CCn2c1nc1cc(Cl)ccc12. The molecule has 0 unspecified atom stereocenters. The number of allylic oxidation sites excluding steroid dienone is 1. The van der Waals surface area contributed by atoms with Crippen LogP contribution in [-0.4, -0.2) is 20.6 Å². The summed E-state index contributed by atoms with van der Waals surface area (Å²) in [4.78, 5) is 17.1. The van der Waals surface area contributed by atoms with Crippen LogP contribution in [0.5, 0.6) is 0 Å². The van der Waals surface area contributed by atoms with E-state index in [4.69, 9.17) is 11.6 Å². The maximum Gasteiger partial charge on any atom is 0.262 e. The lowest BCUT2D eigenvalue weighted by Gasteiger charge is -2.18. The highest BCUT2D eigenvalue weighted by Crippen LogP contribution is 2.31. The molecule has 2 aromatic carbocycles. The average Bonchev–Trinajstić information content (AvgIpc) is 2.93. The van der Waals surface area contributed by atoms with E-state index >= 15 is 0 Å². The van der Waals surface area contributed by atoms with E-state index in [0.717, 1.165) is 5.52 Å². The van der Waals surface area contributed by atoms with Gasteiger partial charge in [-0.25, -0.2) is 9.37 Å². The number of benzene rings is 2. The predicted octanol–water partition coefficient (Wildman–Crippen LogP) is 4.14. The molecule has 7 heteroatoms. The largest absolute Gasteiger partial charge is 0.511 e. The Labute approximate surface area is 147 Å². The summed E-state index contributed by atoms with van der Waals surface area (Å²) in [6.07, 6.45) is 0.293. The molecule has 0 saturated carbocycles. The first kappa shape index (κ1) is 15.7. The number of halogens is 2. The smallest absolute Gasteiger partial charge is 0.262 e. The first-order valence-corrected chi connectivity index (χ1v) is 8.06. The van der Waals surface area contributed by atoms with Crippen LogP contribution in [0.4, 0.5) is 10.1 Å². The molecule has 1 aromatic heterocycles. The minimum Gasteiger partial charge on any atom is -0.511 e. The Balaban J connectivity index is 1.78. The average molecular weight is 358 g/mol. The molecule has 126 valence electrons. The molecule has 5 nitrogen and oxygen atoms in total. The zero-order valence-corrected chi connectivity index (χ0v) is 13.7. The van der Waals surface area contributed by atoms with E-state index in [1.54, 1.807) is 18.2 Å². The number of para-hydroxylation sites is 1. The lowest BCUT2D eigenvalue weighted by molar-refractivity contribution is -0.111. The van der Waals surface area contributed by atoms with Crippen LogP contribution in [0.15, 0.2) is 48.2 Å². The van der Waals surface area contributed by atoms with Crippen LogP contribution in [0.3, 0.4) is 0 Å². The molecular weight excluding hydrogens is 345 g/mol. The topological polar surface area (TPSA) is 67.2 Å². The van der Waals surface area contributed by atoms with Crippen molar-refractivity contribution in [3.05, 3.63) is 64.9 Å². The highest BCUT2D eigenvalue weighted by Gasteiger charge is 2.28. The molecule has 2 heterocycles. The lowest BCUT2D eigenvalue weighted by atomic mass is 10.1. The highest BCUT2D eigenvalue weighted by molar-refractivity contribution is 6.31. The standard InChI is InChI=1S/C18H13ClFN3O2/c19-10-5-6-14-13(9-10)21-17-16(15(24)7-8-23(14)17)18(25)22-12-4-2-1-3-11(12)20/h1-6,9,24H,7-8H2,(H,22,25). The summed E-state index contributed by atoms with van der Waals surface area (Å²) < 4.78 is 15.6. The number of nitrogens with zero attached hydrogens (tertiary/aromatic N) is 2. The van der Waals surface area contributed by atoms with Crippen molar-refractivity contribution >= 4 is 39.8 Å². The van der Waals surface area contributed by atoms with Crippen LogP contribution in [-0.2, 0) is 11.3 Å². The highest BCUT2D eigenvalue weighted by atomic mass is 35.5. The van der Waals surface area contributed by atoms with Gasteiger partial charge < -0.3 is 15.0 Å². The van der Waals surface area contributed by atoms with Crippen molar-refractivity contribution in [3.63, 3.8) is 0 Å². The summed E-state index contributed by atoms with van der Waals surface area (Å²) in [6.45, 7) is 0.496. The Hall–Kier alpha value is -2.86. The molecule has 0 spiro atoms. The second-order valence-corrected chi connectivity index (χ2v) is 6.16. The Morgan fingerprint density at radius 1 is 1.28 bits per heavy atom. The van der Waals surface area contributed by atoms with Gasteiger partial charge in [0.05, 0.1) is 16.7 Å². The Morgan fingerprint density at radius 2 is 2.08 bits per heavy atom. The lowest BCUT2D eigenvalue weighted by Crippen LogP contribution is -2.22. The maximum absolute atomic E-state index is 13.8. The number of aliphatic hydroxyl groups excluding tert-OH is 1. The van der Waals surface area contributed by atoms with E-state index in [2.05, 4.69) is 10.3 Å². The fourth-order valence-electron chi connectivity index (χ4n) is 2.97. The van der Waals surface area contributed by atoms with Crippen molar-refractivity contribution in [1.82, 2.24) is 9.55 Å². The van der Waals surface area contributed by atoms with Crippen LogP contribution < -0.4 is 5.32 Å². The third-order valence-electron chi connectivity index (χ3n) is 4.14. The van der Waals surface area contributed by atoms with Crippen molar-refractivity contribution in [2.45, 2.75) is 13.0 Å². The molecule has 0 aliphatic carbocycles. The van der Waals surface area contributed by atoms with E-state index in [-0.39, 0.29) is 17.0 Å². The number of fused-ring (bicyclic) bond motifs is 3. The van der Waals surface area contributed by atoms with E-state index < -0.39 is 11.7 Å². The van der Waals surface area contributed by atoms with E-state index in [1.807, 2.05) is 10.6 Å². The second-order valence-electron chi connectivity index (χ2n) is 5.73. The van der Waals surface area contributed by atoms with Crippen LogP contribution in [0.2, 0.25) is 5.02 Å². The summed E-state index contributed by atoms with van der Waals surface area (Å²) in [7, 11) is 0. The number of aliphatic hydroxyl groups is 1. The Morgan fingerprint density at radius 3 is 2.88 bits per heavy atom. The minimum absolute atomic E-state index is 0.0434. The van der Waals surface area contributed by atoms with Gasteiger partial charge in [0.15, 0.2) is 0 Å². The number of imidazole rings is 1. The fraction of sp³-hybridized carbons (Fsp3) is 0.111. The quantitative estimate of drug-likeness (QED) is 0.724. The Kier molecular flexibility index (Phi) is 3.69. The van der Waals surface area contributed by atoms with E-state index in [1.165, 1.54) is 18.2 Å². The molecule has 0 saturated heterocycles. The summed E-state index contributed by atoms with van der Waals surface area (Å²) in [5.41, 5.74) is 1.54. The summed E-state index contributed by atoms with van der Waals surface area (Å²) in [5.74, 6) is -0.880. The maximum atomic E-state index is 13.8. The van der Waals surface area contributed by atoms with Crippen LogP contribution >= 0.6 is 11.6 Å². The number of carbonyl (C=O) groups is 1. The molecule has 1 amide bonds. The molecule has 0 radical (unpaired) electrons. The van der Waals surface area contributed by atoms with E-state index in [0.29, 0.717) is 29.3 Å². The molecule has 0 fully saturated rings. The predicted molar refractivity (Wildman–Crippen MR) is 93.9 cm³/mol. The number of anilines is 1. The molecule has 1 aliphatic rings. The minimum atomic E-state index is -0.607. The van der Waals surface area contributed by atoms with Crippen molar-refractivity contribution in [2.24, 2.45) is 0 Å². The van der Waals surface area contributed by atoms with Gasteiger partial charge in [0.25, 0.3) is 5.91 Å². The van der Waals surface area contributed by atoms with Crippen molar-refractivity contribution in [1.29, 1.82) is 0 Å². The molecule has 0 atom stereocenters. The van der Waals surface area contributed by atoms with Crippen LogP contribution in [0.25, 0.3) is 16.6 Å². The molecule has 1 aliphatic heterocycles. The third kappa shape index (κ3) is 2.64. The molecule has 4 rings (SSSR count). The van der Waals surface area contributed by atoms with Crippen LogP contribution in [0, 0.1) is 5.82 Å². The van der Waals surface area contributed by atoms with Gasteiger partial charge in [-0.3, -0.25) is 4.79 Å². The number of hydrogen-bond acceptors (Lipinski definition) is 3. The summed E-state index contributed by atoms with van der Waals surface area (Å²) >= 11 is 6.00. The van der Waals surface area contributed by atoms with Gasteiger partial charge in [0.2, 0.25) is 0 Å². The number of nitrogens with one attached hydrogen (secondary N) is 1. The van der Waals surface area contributed by atoms with Crippen molar-refractivity contribution in [3.8, 4) is 0 Å². The van der Waals surface area contributed by atoms with Gasteiger partial charge in [-0.1, -0.05) is 23.7 Å². The number of aryl methyl sites for hydroxylation is 1. The normalized spacial score (nSPS) is 13.8. The zero-order chi connectivity index (χ0) is 17.6. The summed E-state index contributed by atoms with van der Waals surface area (Å²) in [5, 5.41) is 13.3. The molecule has 2 N–H and O–H groups in total. The van der Waals surface area contributed by atoms with Gasteiger partial charge in [0, 0.05) is 18.0 Å². The number of amides is 1. The summed E-state index contributed by atoms with van der Waals surface area (Å²) in [6, 6.07) is 11.1. The fourth-order valence-corrected chi connectivity index (χ4v) is 3.14. The van der Waals surface area contributed by atoms with Crippen LogP contribution in [0.1, 0.15) is 12.2 Å². The molecule has 0 bridgehead atoms.